The predicted molar refractivity (Wildman–Crippen MR) is 110 cm³/mol. The summed E-state index contributed by atoms with van der Waals surface area (Å²) in [6.45, 7) is 4.57. The molecule has 1 aromatic heterocycles. The van der Waals surface area contributed by atoms with Crippen molar-refractivity contribution < 1.29 is 23.1 Å². The van der Waals surface area contributed by atoms with E-state index in [1.54, 1.807) is 23.5 Å². The van der Waals surface area contributed by atoms with Crippen LogP contribution >= 0.6 is 0 Å². The Morgan fingerprint density at radius 2 is 1.94 bits per heavy atom. The average molecular weight is 449 g/mol. The van der Waals surface area contributed by atoms with Crippen molar-refractivity contribution in [2.75, 3.05) is 36.0 Å². The molecule has 0 aliphatic carbocycles. The van der Waals surface area contributed by atoms with Gasteiger partial charge in [-0.3, -0.25) is 9.69 Å². The molecule has 0 bridgehead atoms. The van der Waals surface area contributed by atoms with Gasteiger partial charge in [0.15, 0.2) is 17.5 Å². The van der Waals surface area contributed by atoms with E-state index in [0.717, 1.165) is 12.1 Å². The number of ether oxygens (including phenoxy) is 1. The van der Waals surface area contributed by atoms with Gasteiger partial charge in [0.2, 0.25) is 5.91 Å². The average Bonchev–Trinajstić information content (AvgIpc) is 3.37. The molecule has 0 unspecified atom stereocenters. The molecule has 1 aromatic carbocycles. The lowest BCUT2D eigenvalue weighted by Gasteiger charge is -2.33. The van der Waals surface area contributed by atoms with E-state index in [2.05, 4.69) is 20.7 Å². The molecule has 2 saturated heterocycles. The number of rotatable bonds is 6. The molecule has 1 atom stereocenters. The van der Waals surface area contributed by atoms with E-state index in [-0.39, 0.29) is 36.4 Å². The van der Waals surface area contributed by atoms with Gasteiger partial charge in [0, 0.05) is 31.6 Å². The van der Waals surface area contributed by atoms with Crippen LogP contribution in [0.5, 0.6) is 0 Å². The summed E-state index contributed by atoms with van der Waals surface area (Å²) in [5.41, 5.74) is -0.0375. The lowest BCUT2D eigenvalue weighted by molar-refractivity contribution is -0.121. The summed E-state index contributed by atoms with van der Waals surface area (Å²) in [4.78, 5) is 28.0. The topological polar surface area (TPSA) is 105 Å². The number of nitrogens with zero attached hydrogens (tertiary/aromatic N) is 6. The van der Waals surface area contributed by atoms with Gasteiger partial charge in [0.1, 0.15) is 11.8 Å². The number of halogens is 2. The lowest BCUT2D eigenvalue weighted by Crippen LogP contribution is -2.36. The Balaban J connectivity index is 1.42. The van der Waals surface area contributed by atoms with Crippen LogP contribution in [0.2, 0.25) is 0 Å². The molecular weight excluding hydrogens is 424 g/mol. The predicted octanol–water partition coefficient (Wildman–Crippen LogP) is 1.95. The van der Waals surface area contributed by atoms with E-state index in [9.17, 15) is 18.4 Å². The largest absolute Gasteiger partial charge is 0.442 e. The maximum absolute atomic E-state index is 14.9. The third-order valence-corrected chi connectivity index (χ3v) is 5.67. The number of nitrogens with one attached hydrogen (secondary N) is 1. The minimum absolute atomic E-state index is 0.0300. The molecule has 10 nitrogen and oxygen atoms in total. The highest BCUT2D eigenvalue weighted by Crippen LogP contribution is 2.33. The third kappa shape index (κ3) is 4.48. The molecule has 2 aliphatic heterocycles. The highest BCUT2D eigenvalue weighted by molar-refractivity contribution is 5.90. The van der Waals surface area contributed by atoms with Crippen molar-refractivity contribution in [3.63, 3.8) is 0 Å². The third-order valence-electron chi connectivity index (χ3n) is 5.67. The second kappa shape index (κ2) is 9.05. The minimum Gasteiger partial charge on any atom is -0.442 e. The number of aryl methyl sites for hydroxylation is 1. The monoisotopic (exact) mass is 449 g/mol. The van der Waals surface area contributed by atoms with Crippen molar-refractivity contribution in [3.8, 4) is 0 Å². The van der Waals surface area contributed by atoms with Crippen LogP contribution in [0.15, 0.2) is 12.1 Å². The van der Waals surface area contributed by atoms with Gasteiger partial charge in [-0.2, -0.15) is 4.80 Å². The number of hydrogen-bond donors (Lipinski definition) is 1. The lowest BCUT2D eigenvalue weighted by atomic mass is 10.0. The first-order valence-corrected chi connectivity index (χ1v) is 10.6. The van der Waals surface area contributed by atoms with Crippen molar-refractivity contribution in [3.05, 3.63) is 29.6 Å². The number of carbonyl (C=O) groups is 2. The quantitative estimate of drug-likeness (QED) is 0.719. The molecule has 2 aliphatic rings. The van der Waals surface area contributed by atoms with Crippen LogP contribution in [0, 0.1) is 18.6 Å². The zero-order valence-electron chi connectivity index (χ0n) is 17.9. The van der Waals surface area contributed by atoms with Gasteiger partial charge in [0.05, 0.1) is 24.8 Å². The van der Waals surface area contributed by atoms with Crippen LogP contribution in [-0.4, -0.2) is 64.5 Å². The Morgan fingerprint density at radius 3 is 2.53 bits per heavy atom. The second-order valence-corrected chi connectivity index (χ2v) is 7.91. The van der Waals surface area contributed by atoms with Gasteiger partial charge in [-0.05, 0) is 25.0 Å². The molecule has 2 aromatic rings. The first-order chi connectivity index (χ1) is 15.4. The number of anilines is 2. The zero-order chi connectivity index (χ0) is 22.8. The smallest absolute Gasteiger partial charge is 0.414 e. The summed E-state index contributed by atoms with van der Waals surface area (Å²) in [6, 6.07) is 2.31. The van der Waals surface area contributed by atoms with Crippen LogP contribution < -0.4 is 15.1 Å². The molecule has 2 amide bonds. The van der Waals surface area contributed by atoms with Gasteiger partial charge in [-0.25, -0.2) is 13.6 Å². The molecule has 0 spiro atoms. The van der Waals surface area contributed by atoms with Crippen molar-refractivity contribution in [2.24, 2.45) is 0 Å². The number of carbonyl (C=O) groups excluding carboxylic acids is 2. The standard InChI is InChI=1S/C20H25F2N7O3/c1-3-18(30)23-10-15-11-28(20(31)32-15)14-8-16(21)19(17(22)9-14)27-6-4-13(5-7-27)29-25-12(2)24-26-29/h8-9,13,15H,3-7,10-11H2,1-2H3,(H,23,30)/t15-/m0/s1. The van der Waals surface area contributed by atoms with Crippen molar-refractivity contribution in [2.45, 2.75) is 45.3 Å². The molecule has 12 heteroatoms. The van der Waals surface area contributed by atoms with E-state index in [0.29, 0.717) is 38.2 Å². The number of amides is 2. The molecule has 2 fully saturated rings. The number of piperidine rings is 1. The first kappa shape index (κ1) is 21.9. The van der Waals surface area contributed by atoms with E-state index in [1.165, 1.54) is 4.90 Å². The fraction of sp³-hybridized carbons (Fsp3) is 0.550. The summed E-state index contributed by atoms with van der Waals surface area (Å²) in [5, 5.41) is 14.7. The number of tetrazole rings is 1. The zero-order valence-corrected chi connectivity index (χ0v) is 17.9. The Kier molecular flexibility index (Phi) is 6.19. The highest BCUT2D eigenvalue weighted by atomic mass is 19.1. The van der Waals surface area contributed by atoms with Crippen molar-refractivity contribution >= 4 is 23.4 Å². The maximum Gasteiger partial charge on any atom is 0.414 e. The molecule has 0 saturated carbocycles. The first-order valence-electron chi connectivity index (χ1n) is 10.6. The molecule has 0 radical (unpaired) electrons. The normalized spacial score (nSPS) is 19.4. The van der Waals surface area contributed by atoms with E-state index < -0.39 is 23.8 Å². The van der Waals surface area contributed by atoms with Gasteiger partial charge < -0.3 is 15.0 Å². The van der Waals surface area contributed by atoms with Crippen LogP contribution in [0.4, 0.5) is 25.0 Å². The van der Waals surface area contributed by atoms with E-state index in [4.69, 9.17) is 4.74 Å². The number of cyclic esters (lactones) is 1. The maximum atomic E-state index is 14.9. The van der Waals surface area contributed by atoms with Crippen molar-refractivity contribution in [1.29, 1.82) is 0 Å². The van der Waals surface area contributed by atoms with Gasteiger partial charge >= 0.3 is 6.09 Å². The van der Waals surface area contributed by atoms with E-state index in [1.807, 2.05) is 0 Å². The summed E-state index contributed by atoms with van der Waals surface area (Å²) in [5.74, 6) is -1.08. The summed E-state index contributed by atoms with van der Waals surface area (Å²) in [6.07, 6.45) is 0.273. The van der Waals surface area contributed by atoms with Crippen LogP contribution in [0.25, 0.3) is 0 Å². The Labute approximate surface area is 183 Å². The fourth-order valence-electron chi connectivity index (χ4n) is 3.98. The number of aromatic nitrogens is 4. The van der Waals surface area contributed by atoms with Gasteiger partial charge in [-0.1, -0.05) is 6.92 Å². The summed E-state index contributed by atoms with van der Waals surface area (Å²) < 4.78 is 35.1. The summed E-state index contributed by atoms with van der Waals surface area (Å²) >= 11 is 0. The van der Waals surface area contributed by atoms with E-state index >= 15 is 0 Å². The van der Waals surface area contributed by atoms with Crippen molar-refractivity contribution in [1.82, 2.24) is 25.5 Å². The second-order valence-electron chi connectivity index (χ2n) is 7.91. The van der Waals surface area contributed by atoms with Crippen LogP contribution in [0.1, 0.15) is 38.1 Å². The number of hydrogen-bond acceptors (Lipinski definition) is 7. The molecule has 1 N–H and O–H groups in total. The van der Waals surface area contributed by atoms with Gasteiger partial charge in [-0.15, -0.1) is 10.2 Å². The Hall–Kier alpha value is -3.31. The SMILES string of the molecule is CCC(=O)NC[C@H]1CN(c2cc(F)c(N3CCC(n4nnc(C)n4)CC3)c(F)c2)C(=O)O1. The fourth-order valence-corrected chi connectivity index (χ4v) is 3.98. The Bertz CT molecular complexity index is 984. The summed E-state index contributed by atoms with van der Waals surface area (Å²) in [7, 11) is 0. The molecular formula is C20H25F2N7O3. The van der Waals surface area contributed by atoms with Gasteiger partial charge in [0.25, 0.3) is 0 Å². The Morgan fingerprint density at radius 1 is 1.25 bits per heavy atom. The molecule has 3 heterocycles. The number of benzene rings is 1. The van der Waals surface area contributed by atoms with Crippen LogP contribution in [-0.2, 0) is 9.53 Å². The van der Waals surface area contributed by atoms with Crippen LogP contribution in [0.3, 0.4) is 0 Å². The highest BCUT2D eigenvalue weighted by Gasteiger charge is 2.34. The minimum atomic E-state index is -0.747. The molecule has 4 rings (SSSR count). The molecule has 32 heavy (non-hydrogen) atoms. The molecule has 172 valence electrons.